The van der Waals surface area contributed by atoms with E-state index in [1.165, 1.54) is 0 Å². The number of rotatable bonds is 0. The van der Waals surface area contributed by atoms with E-state index in [2.05, 4.69) is 11.8 Å². The van der Waals surface area contributed by atoms with Gasteiger partial charge in [0.1, 0.15) is 0 Å². The molecule has 0 aromatic carbocycles. The van der Waals surface area contributed by atoms with E-state index in [4.69, 9.17) is 14.7 Å². The van der Waals surface area contributed by atoms with Crippen molar-refractivity contribution in [1.29, 1.82) is 0 Å². The Morgan fingerprint density at radius 2 is 1.12 bits per heavy atom. The van der Waals surface area contributed by atoms with Gasteiger partial charge in [-0.1, -0.05) is 0 Å². The molecule has 0 aliphatic rings. The molecule has 0 aromatic rings. The molecule has 0 saturated heterocycles. The molecule has 0 aliphatic heterocycles. The van der Waals surface area contributed by atoms with E-state index >= 15 is 0 Å². The summed E-state index contributed by atoms with van der Waals surface area (Å²) < 4.78 is 0. The predicted molar refractivity (Wildman–Crippen MR) is 14.3 cm³/mol. The Morgan fingerprint density at radius 3 is 1.12 bits per heavy atom. The summed E-state index contributed by atoms with van der Waals surface area (Å²) in [5, 5.41) is 0. The van der Waals surface area contributed by atoms with E-state index in [0.29, 0.717) is 0 Å². The van der Waals surface area contributed by atoms with Crippen LogP contribution in [0, 0.1) is 0 Å². The first-order valence-electron chi connectivity index (χ1n) is 0.730. The van der Waals surface area contributed by atoms with Gasteiger partial charge in [0.05, 0.1) is 0 Å². The molecule has 0 saturated carbocycles. The van der Waals surface area contributed by atoms with Crippen molar-refractivity contribution in [1.82, 2.24) is 0 Å². The van der Waals surface area contributed by atoms with Crippen LogP contribution in [0.1, 0.15) is 0 Å². The molecule has 0 aromatic heterocycles. The second-order valence-corrected chi connectivity index (χ2v) is 2.68. The molecule has 0 rings (SSSR count). The Morgan fingerprint density at radius 1 is 1.12 bits per heavy atom. The Hall–Kier alpha value is 2.17. The molecule has 8 heteroatoms. The van der Waals surface area contributed by atoms with Gasteiger partial charge in [0.15, 0.2) is 0 Å². The SMILES string of the molecule is [Fe].[Li+].[Mn+2].[O-]P([O-])([O-])=S. The Bertz CT molecular complexity index is 65.4. The van der Waals surface area contributed by atoms with Gasteiger partial charge in [-0.05, 0) is 0 Å². The average Bonchev–Trinajstić information content (AvgIpc) is 0.722. The molecule has 1 radical (unpaired) electrons. The summed E-state index contributed by atoms with van der Waals surface area (Å²) in [6, 6.07) is 0. The fourth-order valence-corrected chi connectivity index (χ4v) is 0. The quantitative estimate of drug-likeness (QED) is 0.306. The van der Waals surface area contributed by atoms with E-state index < -0.39 is 6.72 Å². The smallest absolute Gasteiger partial charge is 0.844 e. The van der Waals surface area contributed by atoms with Crippen LogP contribution in [0.2, 0.25) is 0 Å². The standard InChI is InChI=1S/Fe.Li.Mn.H3O3PS/c;;;1-4(2,3)5/h;;;(H3,1,2,3,5)/q;+1;+2;/p-3. The molecule has 0 N–H and O–H groups in total. The molecule has 0 amide bonds. The van der Waals surface area contributed by atoms with Crippen molar-refractivity contribution in [2.75, 3.05) is 0 Å². The van der Waals surface area contributed by atoms with Crippen LogP contribution < -0.4 is 33.5 Å². The van der Waals surface area contributed by atoms with E-state index in [0.717, 1.165) is 0 Å². The van der Waals surface area contributed by atoms with Gasteiger partial charge in [0.25, 0.3) is 0 Å². The summed E-state index contributed by atoms with van der Waals surface area (Å²) in [6.07, 6.45) is 0. The van der Waals surface area contributed by atoms with Gasteiger partial charge in [-0.25, -0.2) is 0 Å². The molecule has 0 spiro atoms. The average molecular weight is 229 g/mol. The van der Waals surface area contributed by atoms with Crippen molar-refractivity contribution < 1.29 is 67.7 Å². The van der Waals surface area contributed by atoms with Crippen molar-refractivity contribution in [3.63, 3.8) is 0 Å². The summed E-state index contributed by atoms with van der Waals surface area (Å²) in [6.45, 7) is -4.56. The van der Waals surface area contributed by atoms with E-state index in [1.807, 2.05) is 0 Å². The summed E-state index contributed by atoms with van der Waals surface area (Å²) in [5.74, 6) is 0. The maximum atomic E-state index is 8.92. The Labute approximate surface area is 85.6 Å². The Balaban J connectivity index is -0.0000000267. The fraction of sp³-hybridized carbons (Fsp3) is 0. The van der Waals surface area contributed by atoms with E-state index in [-0.39, 0.29) is 53.0 Å². The minimum Gasteiger partial charge on any atom is -0.844 e. The number of hydrogen-bond acceptors (Lipinski definition) is 4. The van der Waals surface area contributed by atoms with Crippen LogP contribution in [-0.4, -0.2) is 0 Å². The normalized spacial score (nSPS) is 7.38. The molecule has 0 bridgehead atoms. The van der Waals surface area contributed by atoms with Crippen molar-refractivity contribution in [2.45, 2.75) is 0 Å². The van der Waals surface area contributed by atoms with Gasteiger partial charge in [-0.2, -0.15) is 11.8 Å². The monoisotopic (exact) mass is 229 g/mol. The minimum atomic E-state index is -4.56. The van der Waals surface area contributed by atoms with Crippen LogP contribution >= 0.6 is 6.72 Å². The molecule has 8 heavy (non-hydrogen) atoms. The minimum absolute atomic E-state index is 0. The summed E-state index contributed by atoms with van der Waals surface area (Å²) in [7, 11) is 0. The summed E-state index contributed by atoms with van der Waals surface area (Å²) >= 11 is 3.27. The van der Waals surface area contributed by atoms with Gasteiger partial charge >= 0.3 is 35.9 Å². The van der Waals surface area contributed by atoms with Crippen molar-refractivity contribution >= 4 is 18.5 Å². The third kappa shape index (κ3) is 89.4. The molecule has 0 atom stereocenters. The Kier molecular flexibility index (Phi) is 25.7. The van der Waals surface area contributed by atoms with Crippen molar-refractivity contribution in [3.8, 4) is 0 Å². The topological polar surface area (TPSA) is 69.2 Å². The third-order valence-corrected chi connectivity index (χ3v) is 0. The molecule has 45 valence electrons. The maximum Gasteiger partial charge on any atom is 2.00 e. The molecule has 0 heterocycles. The third-order valence-electron chi connectivity index (χ3n) is 0. The zero-order valence-electron chi connectivity index (χ0n) is 3.81. The van der Waals surface area contributed by atoms with E-state index in [9.17, 15) is 0 Å². The fourth-order valence-electron chi connectivity index (χ4n) is 0. The van der Waals surface area contributed by atoms with Gasteiger partial charge in [0.2, 0.25) is 0 Å². The molecular weight excluding hydrogens is 229 g/mol. The molecule has 0 fully saturated rings. The van der Waals surface area contributed by atoms with E-state index in [1.54, 1.807) is 0 Å². The molecule has 0 unspecified atom stereocenters. The molecule has 3 nitrogen and oxygen atoms in total. The van der Waals surface area contributed by atoms with Crippen LogP contribution in [0.15, 0.2) is 0 Å². The molecule has 0 aliphatic carbocycles. The van der Waals surface area contributed by atoms with Crippen LogP contribution in [-0.2, 0) is 45.9 Å². The summed E-state index contributed by atoms with van der Waals surface area (Å²) in [5.41, 5.74) is 0. The first kappa shape index (κ1) is 22.5. The maximum absolute atomic E-state index is 8.92. The van der Waals surface area contributed by atoms with Crippen LogP contribution in [0.5, 0.6) is 0 Å². The number of hydrogen-bond donors (Lipinski definition) is 0. The first-order valence-corrected chi connectivity index (χ1v) is 3.29. The van der Waals surface area contributed by atoms with Gasteiger partial charge in [0, 0.05) is 17.1 Å². The van der Waals surface area contributed by atoms with Crippen molar-refractivity contribution in [2.24, 2.45) is 0 Å². The van der Waals surface area contributed by atoms with Gasteiger partial charge in [-0.3, -0.25) is 0 Å². The second-order valence-electron chi connectivity index (χ2n) is 0.447. The van der Waals surface area contributed by atoms with Gasteiger partial charge < -0.3 is 21.4 Å². The van der Waals surface area contributed by atoms with Crippen LogP contribution in [0.3, 0.4) is 0 Å². The molecular formula is FeLiMnO3PS. The van der Waals surface area contributed by atoms with Crippen molar-refractivity contribution in [3.05, 3.63) is 0 Å². The van der Waals surface area contributed by atoms with Crippen LogP contribution in [0.4, 0.5) is 0 Å². The first-order chi connectivity index (χ1) is 2.00. The largest absolute Gasteiger partial charge is 2.00 e. The summed E-state index contributed by atoms with van der Waals surface area (Å²) in [4.78, 5) is 26.8. The zero-order valence-corrected chi connectivity index (χ0v) is 7.81. The predicted octanol–water partition coefficient (Wildman–Crippen LogP) is -5.71. The second kappa shape index (κ2) is 9.17. The van der Waals surface area contributed by atoms with Crippen LogP contribution in [0.25, 0.3) is 0 Å². The van der Waals surface area contributed by atoms with Gasteiger partial charge in [-0.15, -0.1) is 0 Å². The zero-order chi connectivity index (χ0) is 4.50.